The fraction of sp³-hybridized carbons (Fsp3) is 0.375. The second kappa shape index (κ2) is 18.4. The molecule has 4 aromatic carbocycles. The van der Waals surface area contributed by atoms with Crippen LogP contribution in [0.3, 0.4) is 0 Å². The molecule has 0 amide bonds. The topological polar surface area (TPSA) is 95.4 Å². The lowest BCUT2D eigenvalue weighted by molar-refractivity contribution is -0.548. The van der Waals surface area contributed by atoms with Crippen molar-refractivity contribution in [2.24, 2.45) is 0 Å². The number of rotatable bonds is 19. The Labute approximate surface area is 307 Å². The third-order valence-electron chi connectivity index (χ3n) is 9.05. The van der Waals surface area contributed by atoms with Gasteiger partial charge in [-0.2, -0.15) is 0 Å². The second-order valence-electron chi connectivity index (χ2n) is 12.3. The van der Waals surface area contributed by atoms with Gasteiger partial charge >= 0.3 is 0 Å². The molecule has 1 heterocycles. The zero-order valence-corrected chi connectivity index (χ0v) is 31.4. The predicted molar refractivity (Wildman–Crippen MR) is 200 cm³/mol. The molecule has 1 N–H and O–H groups in total. The minimum Gasteiger partial charge on any atom is -0.493 e. The molecule has 0 spiro atoms. The number of benzene rings is 4. The van der Waals surface area contributed by atoms with E-state index >= 15 is 0 Å². The maximum absolute atomic E-state index is 5.67. The molecule has 0 fully saturated rings. The Kier molecular flexibility index (Phi) is 13.4. The molecule has 0 bridgehead atoms. The average Bonchev–Trinajstić information content (AvgIpc) is 3.58. The molecule has 1 aliphatic heterocycles. The van der Waals surface area contributed by atoms with Crippen molar-refractivity contribution < 1.29 is 42.5 Å². The van der Waals surface area contributed by atoms with Crippen molar-refractivity contribution in [1.82, 2.24) is 15.1 Å². The molecule has 278 valence electrons. The zero-order chi connectivity index (χ0) is 37.0. The van der Waals surface area contributed by atoms with E-state index < -0.39 is 0 Å². The molecule has 0 saturated carbocycles. The number of hydrogen-bond donors (Lipinski definition) is 1. The first kappa shape index (κ1) is 38.1. The van der Waals surface area contributed by atoms with Crippen LogP contribution in [-0.4, -0.2) is 97.0 Å². The van der Waals surface area contributed by atoms with E-state index in [4.69, 9.17) is 37.9 Å². The summed E-state index contributed by atoms with van der Waals surface area (Å²) in [4.78, 5) is 4.86. The minimum absolute atomic E-state index is 0.0840. The van der Waals surface area contributed by atoms with Crippen molar-refractivity contribution in [2.45, 2.75) is 32.3 Å². The van der Waals surface area contributed by atoms with E-state index in [9.17, 15) is 0 Å². The van der Waals surface area contributed by atoms with Crippen molar-refractivity contribution in [3.05, 3.63) is 95.1 Å². The maximum atomic E-state index is 5.67. The first-order valence-electron chi connectivity index (χ1n) is 17.0. The fourth-order valence-corrected chi connectivity index (χ4v) is 6.44. The average molecular weight is 716 g/mol. The van der Waals surface area contributed by atoms with Gasteiger partial charge in [-0.05, 0) is 71.3 Å². The summed E-state index contributed by atoms with van der Waals surface area (Å²) in [6.07, 6.45) is 2.22. The number of hydrogen-bond acceptors (Lipinski definition) is 11. The SMILES string of the molecule is COc1ccc(CNCN(Cc2ccc(OC)c(OC)c2)C2C=[N+](Cc3ccc(OC)c(OC)c3)CN2Cc2ccc(OC)c(OC)c2)cc1OC. The molecule has 12 nitrogen and oxygen atoms in total. The lowest BCUT2D eigenvalue weighted by Crippen LogP contribution is -2.49. The van der Waals surface area contributed by atoms with Gasteiger partial charge in [0.1, 0.15) is 6.17 Å². The van der Waals surface area contributed by atoms with Gasteiger partial charge in [0, 0.05) is 25.2 Å². The third kappa shape index (κ3) is 9.19. The van der Waals surface area contributed by atoms with Crippen molar-refractivity contribution in [2.75, 3.05) is 70.2 Å². The summed E-state index contributed by atoms with van der Waals surface area (Å²) in [7, 11) is 13.2. The van der Waals surface area contributed by atoms with Gasteiger partial charge in [0.25, 0.3) is 0 Å². The van der Waals surface area contributed by atoms with Crippen LogP contribution in [0.1, 0.15) is 22.3 Å². The maximum Gasteiger partial charge on any atom is 0.201 e. The molecular weight excluding hydrogens is 664 g/mol. The monoisotopic (exact) mass is 715 g/mol. The summed E-state index contributed by atoms with van der Waals surface area (Å²) in [6.45, 7) is 3.88. The Morgan fingerprint density at radius 2 is 0.981 bits per heavy atom. The molecule has 0 saturated heterocycles. The van der Waals surface area contributed by atoms with Gasteiger partial charge < -0.3 is 43.2 Å². The molecule has 52 heavy (non-hydrogen) atoms. The van der Waals surface area contributed by atoms with Crippen LogP contribution in [-0.2, 0) is 26.2 Å². The first-order valence-corrected chi connectivity index (χ1v) is 17.0. The van der Waals surface area contributed by atoms with Crippen LogP contribution in [0.25, 0.3) is 0 Å². The van der Waals surface area contributed by atoms with Crippen molar-refractivity contribution in [3.8, 4) is 46.0 Å². The van der Waals surface area contributed by atoms with Crippen LogP contribution < -0.4 is 43.2 Å². The lowest BCUT2D eigenvalue weighted by atomic mass is 10.1. The fourth-order valence-electron chi connectivity index (χ4n) is 6.44. The van der Waals surface area contributed by atoms with Crippen LogP contribution >= 0.6 is 0 Å². The Hall–Kier alpha value is -5.17. The number of ether oxygens (including phenoxy) is 8. The van der Waals surface area contributed by atoms with Gasteiger partial charge in [0.15, 0.2) is 58.8 Å². The Morgan fingerprint density at radius 3 is 1.50 bits per heavy atom. The van der Waals surface area contributed by atoms with Gasteiger partial charge in [-0.15, -0.1) is 0 Å². The Balaban J connectivity index is 1.48. The van der Waals surface area contributed by atoms with Crippen LogP contribution in [0.5, 0.6) is 46.0 Å². The summed E-state index contributed by atoms with van der Waals surface area (Å²) in [5.41, 5.74) is 4.38. The minimum atomic E-state index is -0.0840. The smallest absolute Gasteiger partial charge is 0.201 e. The zero-order valence-electron chi connectivity index (χ0n) is 31.4. The Morgan fingerprint density at radius 1 is 0.558 bits per heavy atom. The van der Waals surface area contributed by atoms with Crippen LogP contribution in [0.4, 0.5) is 0 Å². The summed E-state index contributed by atoms with van der Waals surface area (Å²) >= 11 is 0. The highest BCUT2D eigenvalue weighted by Crippen LogP contribution is 2.32. The lowest BCUT2D eigenvalue weighted by Gasteiger charge is -2.32. The molecule has 0 radical (unpaired) electrons. The predicted octanol–water partition coefficient (Wildman–Crippen LogP) is 5.39. The second-order valence-corrected chi connectivity index (χ2v) is 12.3. The largest absolute Gasteiger partial charge is 0.493 e. The summed E-state index contributed by atoms with van der Waals surface area (Å²) < 4.78 is 46.9. The molecule has 12 heteroatoms. The molecule has 4 aromatic rings. The van der Waals surface area contributed by atoms with Crippen molar-refractivity contribution in [1.29, 1.82) is 0 Å². The van der Waals surface area contributed by atoms with E-state index in [0.29, 0.717) is 85.5 Å². The highest BCUT2D eigenvalue weighted by Gasteiger charge is 2.36. The molecular formula is C40H51N4O8+. The molecule has 0 aliphatic carbocycles. The normalized spacial score (nSPS) is 14.2. The highest BCUT2D eigenvalue weighted by atomic mass is 16.5. The van der Waals surface area contributed by atoms with E-state index in [1.807, 2.05) is 54.6 Å². The number of nitrogens with zero attached hydrogens (tertiary/aromatic N) is 3. The molecule has 5 rings (SSSR count). The standard InChI is InChI=1S/C40H51N4O8/c1-45-32-13-9-28(17-36(32)49-5)21-41-26-43(23-30-11-15-34(47-3)38(19-30)51-7)40-25-42(22-29-10-14-33(46-2)37(18-29)50-6)27-44(40)24-31-12-16-35(48-4)39(20-31)52-8/h9-20,25,40-41H,21-24,26-27H2,1-8H3/q+1. The van der Waals surface area contributed by atoms with E-state index in [1.165, 1.54) is 0 Å². The number of methoxy groups -OCH3 is 8. The third-order valence-corrected chi connectivity index (χ3v) is 9.05. The van der Waals surface area contributed by atoms with Crippen molar-refractivity contribution in [3.63, 3.8) is 0 Å². The van der Waals surface area contributed by atoms with E-state index in [0.717, 1.165) is 22.3 Å². The summed E-state index contributed by atoms with van der Waals surface area (Å²) in [5.74, 6) is 5.56. The quantitative estimate of drug-likeness (QED) is 0.100. The molecule has 1 unspecified atom stereocenters. The van der Waals surface area contributed by atoms with Gasteiger partial charge in [0.2, 0.25) is 6.67 Å². The highest BCUT2D eigenvalue weighted by molar-refractivity contribution is 5.60. The Bertz CT molecular complexity index is 1820. The molecule has 1 aliphatic rings. The molecule has 0 aromatic heterocycles. The van der Waals surface area contributed by atoms with Gasteiger partial charge in [-0.25, -0.2) is 9.48 Å². The van der Waals surface area contributed by atoms with Crippen LogP contribution in [0, 0.1) is 0 Å². The summed E-state index contributed by atoms with van der Waals surface area (Å²) in [5, 5.41) is 3.69. The van der Waals surface area contributed by atoms with E-state index in [2.05, 4.69) is 44.1 Å². The molecule has 1 atom stereocenters. The van der Waals surface area contributed by atoms with Gasteiger partial charge in [-0.3, -0.25) is 4.90 Å². The summed E-state index contributed by atoms with van der Waals surface area (Å²) in [6, 6.07) is 24.2. The van der Waals surface area contributed by atoms with Crippen LogP contribution in [0.15, 0.2) is 72.8 Å². The van der Waals surface area contributed by atoms with E-state index in [-0.39, 0.29) is 6.17 Å². The van der Waals surface area contributed by atoms with Gasteiger partial charge in [0.05, 0.1) is 63.5 Å². The van der Waals surface area contributed by atoms with E-state index in [1.54, 1.807) is 56.9 Å². The van der Waals surface area contributed by atoms with Gasteiger partial charge in [-0.1, -0.05) is 18.2 Å². The van der Waals surface area contributed by atoms with Crippen LogP contribution in [0.2, 0.25) is 0 Å². The first-order chi connectivity index (χ1) is 25.4. The van der Waals surface area contributed by atoms with Crippen molar-refractivity contribution >= 4 is 6.21 Å². The number of nitrogens with one attached hydrogen (secondary N) is 1.